The highest BCUT2D eigenvalue weighted by atomic mass is 16.6. The monoisotopic (exact) mass is 323 g/mol. The lowest BCUT2D eigenvalue weighted by Gasteiger charge is -2.32. The van der Waals surface area contributed by atoms with Crippen molar-refractivity contribution in [1.29, 1.82) is 0 Å². The number of ether oxygens (including phenoxy) is 1. The molecule has 0 saturated carbocycles. The number of Topliss-reactive ketones (excluding diaryl/α,β-unsaturated/α-hetero) is 1. The number of amides is 1. The number of aryl methyl sites for hydroxylation is 1. The van der Waals surface area contributed by atoms with Gasteiger partial charge < -0.3 is 19.6 Å². The Bertz CT molecular complexity index is 654. The fourth-order valence-electron chi connectivity index (χ4n) is 2.54. The molecule has 7 heteroatoms. The van der Waals surface area contributed by atoms with Crippen LogP contribution < -0.4 is 5.32 Å². The molecule has 0 saturated heterocycles. The van der Waals surface area contributed by atoms with Gasteiger partial charge in [0.15, 0.2) is 5.78 Å². The van der Waals surface area contributed by atoms with E-state index in [-0.39, 0.29) is 23.5 Å². The van der Waals surface area contributed by atoms with Crippen LogP contribution in [0.25, 0.3) is 0 Å². The van der Waals surface area contributed by atoms with E-state index in [2.05, 4.69) is 5.32 Å². The third kappa shape index (κ3) is 3.55. The number of carboxylic acid groups (broad SMARTS) is 1. The molecule has 1 atom stereocenters. The van der Waals surface area contributed by atoms with Gasteiger partial charge in [0, 0.05) is 18.4 Å². The number of hydrogen-bond donors (Lipinski definition) is 2. The molecule has 1 amide bonds. The highest BCUT2D eigenvalue weighted by Crippen LogP contribution is 2.37. The zero-order chi connectivity index (χ0) is 17.4. The van der Waals surface area contributed by atoms with E-state index >= 15 is 0 Å². The SMILES string of the molecule is CC(C)(C)OC(=O)NCC1(C)CCc2occ(C(=O)O)c2C1=O. The number of aromatic carboxylic acids is 1. The van der Waals surface area contributed by atoms with Crippen LogP contribution >= 0.6 is 0 Å². The van der Waals surface area contributed by atoms with E-state index in [1.165, 1.54) is 0 Å². The average molecular weight is 323 g/mol. The molecule has 1 aliphatic carbocycles. The minimum Gasteiger partial charge on any atom is -0.478 e. The van der Waals surface area contributed by atoms with Gasteiger partial charge in [-0.05, 0) is 27.2 Å². The van der Waals surface area contributed by atoms with Crippen molar-refractivity contribution in [3.8, 4) is 0 Å². The first kappa shape index (κ1) is 17.1. The summed E-state index contributed by atoms with van der Waals surface area (Å²) in [6, 6.07) is 0. The van der Waals surface area contributed by atoms with Gasteiger partial charge in [-0.2, -0.15) is 0 Å². The molecular formula is C16H21NO6. The van der Waals surface area contributed by atoms with Crippen LogP contribution in [0.2, 0.25) is 0 Å². The minimum absolute atomic E-state index is 0.0738. The van der Waals surface area contributed by atoms with Crippen LogP contribution in [0.1, 0.15) is 60.6 Å². The predicted molar refractivity (Wildman–Crippen MR) is 80.7 cm³/mol. The first-order chi connectivity index (χ1) is 10.5. The van der Waals surface area contributed by atoms with Crippen LogP contribution in [0, 0.1) is 5.41 Å². The van der Waals surface area contributed by atoms with Gasteiger partial charge in [-0.3, -0.25) is 4.79 Å². The lowest BCUT2D eigenvalue weighted by atomic mass is 9.73. The van der Waals surface area contributed by atoms with E-state index in [0.717, 1.165) is 6.26 Å². The summed E-state index contributed by atoms with van der Waals surface area (Å²) in [6.45, 7) is 7.02. The van der Waals surface area contributed by atoms with Crippen molar-refractivity contribution >= 4 is 17.8 Å². The fraction of sp³-hybridized carbons (Fsp3) is 0.562. The molecule has 0 spiro atoms. The highest BCUT2D eigenvalue weighted by Gasteiger charge is 2.43. The largest absolute Gasteiger partial charge is 0.478 e. The highest BCUT2D eigenvalue weighted by molar-refractivity contribution is 6.09. The van der Waals surface area contributed by atoms with E-state index in [9.17, 15) is 14.4 Å². The number of rotatable bonds is 3. The Morgan fingerprint density at radius 2 is 2.09 bits per heavy atom. The number of ketones is 1. The molecule has 1 aromatic rings. The molecule has 2 N–H and O–H groups in total. The van der Waals surface area contributed by atoms with Gasteiger partial charge in [-0.1, -0.05) is 6.92 Å². The molecule has 0 radical (unpaired) electrons. The van der Waals surface area contributed by atoms with E-state index in [1.54, 1.807) is 27.7 Å². The van der Waals surface area contributed by atoms with Gasteiger partial charge in [-0.15, -0.1) is 0 Å². The second kappa shape index (κ2) is 5.72. The van der Waals surface area contributed by atoms with Gasteiger partial charge >= 0.3 is 12.1 Å². The summed E-state index contributed by atoms with van der Waals surface area (Å²) >= 11 is 0. The minimum atomic E-state index is -1.20. The third-order valence-electron chi connectivity index (χ3n) is 3.80. The van der Waals surface area contributed by atoms with Crippen LogP contribution in [0.3, 0.4) is 0 Å². The molecule has 1 aliphatic rings. The molecule has 0 aromatic carbocycles. The maximum atomic E-state index is 12.7. The van der Waals surface area contributed by atoms with Gasteiger partial charge in [0.25, 0.3) is 0 Å². The summed E-state index contributed by atoms with van der Waals surface area (Å²) in [5.41, 5.74) is -1.54. The topological polar surface area (TPSA) is 106 Å². The van der Waals surface area contributed by atoms with Gasteiger partial charge in [0.1, 0.15) is 23.2 Å². The molecule has 0 bridgehead atoms. The maximum absolute atomic E-state index is 12.7. The van der Waals surface area contributed by atoms with E-state index in [1.807, 2.05) is 0 Å². The molecule has 2 rings (SSSR count). The third-order valence-corrected chi connectivity index (χ3v) is 3.80. The smallest absolute Gasteiger partial charge is 0.407 e. The quantitative estimate of drug-likeness (QED) is 0.885. The van der Waals surface area contributed by atoms with Crippen molar-refractivity contribution in [3.63, 3.8) is 0 Å². The van der Waals surface area contributed by atoms with Crippen LogP contribution in [-0.2, 0) is 11.2 Å². The first-order valence-corrected chi connectivity index (χ1v) is 7.39. The van der Waals surface area contributed by atoms with Crippen molar-refractivity contribution in [1.82, 2.24) is 5.32 Å². The molecule has 0 fully saturated rings. The Labute approximate surface area is 134 Å². The van der Waals surface area contributed by atoms with Gasteiger partial charge in [0.05, 0.1) is 5.56 Å². The Balaban J connectivity index is 2.14. The van der Waals surface area contributed by atoms with Crippen molar-refractivity contribution in [2.75, 3.05) is 6.54 Å². The Morgan fingerprint density at radius 3 is 2.65 bits per heavy atom. The number of nitrogens with one attached hydrogen (secondary N) is 1. The summed E-state index contributed by atoms with van der Waals surface area (Å²) in [4.78, 5) is 35.7. The second-order valence-corrected chi connectivity index (χ2v) is 7.00. The van der Waals surface area contributed by atoms with Crippen molar-refractivity contribution < 1.29 is 28.6 Å². The van der Waals surface area contributed by atoms with E-state index in [0.29, 0.717) is 18.6 Å². The number of hydrogen-bond acceptors (Lipinski definition) is 5. The summed E-state index contributed by atoms with van der Waals surface area (Å²) in [5.74, 6) is -1.14. The molecule has 1 heterocycles. The summed E-state index contributed by atoms with van der Waals surface area (Å²) in [6.07, 6.45) is 1.39. The first-order valence-electron chi connectivity index (χ1n) is 7.39. The molecule has 1 aromatic heterocycles. The van der Waals surface area contributed by atoms with E-state index in [4.69, 9.17) is 14.3 Å². The zero-order valence-electron chi connectivity index (χ0n) is 13.7. The van der Waals surface area contributed by atoms with E-state index < -0.39 is 23.1 Å². The number of fused-ring (bicyclic) bond motifs is 1. The van der Waals surface area contributed by atoms with Crippen LogP contribution in [0.5, 0.6) is 0 Å². The Kier molecular flexibility index (Phi) is 4.24. The molecule has 23 heavy (non-hydrogen) atoms. The van der Waals surface area contributed by atoms with Crippen LogP contribution in [0.4, 0.5) is 4.79 Å². The fourth-order valence-corrected chi connectivity index (χ4v) is 2.54. The Morgan fingerprint density at radius 1 is 1.43 bits per heavy atom. The van der Waals surface area contributed by atoms with Gasteiger partial charge in [-0.25, -0.2) is 9.59 Å². The molecule has 1 unspecified atom stereocenters. The zero-order valence-corrected chi connectivity index (χ0v) is 13.7. The van der Waals surface area contributed by atoms with Crippen molar-refractivity contribution in [3.05, 3.63) is 23.2 Å². The lowest BCUT2D eigenvalue weighted by Crippen LogP contribution is -2.45. The normalized spacial score (nSPS) is 20.8. The molecule has 126 valence electrons. The molecule has 0 aliphatic heterocycles. The second-order valence-electron chi connectivity index (χ2n) is 7.00. The van der Waals surface area contributed by atoms with Crippen LogP contribution in [-0.4, -0.2) is 35.1 Å². The standard InChI is InChI=1S/C16H21NO6/c1-15(2,3)23-14(21)17-8-16(4)6-5-10-11(12(16)18)9(7-22-10)13(19)20/h7H,5-6,8H2,1-4H3,(H,17,21)(H,19,20). The van der Waals surface area contributed by atoms with Crippen LogP contribution in [0.15, 0.2) is 10.7 Å². The number of furan rings is 1. The van der Waals surface area contributed by atoms with Crippen molar-refractivity contribution in [2.24, 2.45) is 5.41 Å². The summed E-state index contributed by atoms with van der Waals surface area (Å²) < 4.78 is 10.3. The summed E-state index contributed by atoms with van der Waals surface area (Å²) in [5, 5.41) is 11.8. The van der Waals surface area contributed by atoms with Crippen molar-refractivity contribution in [2.45, 2.75) is 46.1 Å². The number of carbonyl (C=O) groups is 3. The predicted octanol–water partition coefficient (Wildman–Crippen LogP) is 2.64. The Hall–Kier alpha value is -2.31. The number of carbonyl (C=O) groups excluding carboxylic acids is 2. The average Bonchev–Trinajstić information content (AvgIpc) is 2.84. The lowest BCUT2D eigenvalue weighted by molar-refractivity contribution is 0.0489. The molecule has 7 nitrogen and oxygen atoms in total. The van der Waals surface area contributed by atoms with Gasteiger partial charge in [0.2, 0.25) is 0 Å². The number of alkyl carbamates (subject to hydrolysis) is 1. The maximum Gasteiger partial charge on any atom is 0.407 e. The number of carboxylic acids is 1. The molecular weight excluding hydrogens is 302 g/mol. The summed E-state index contributed by atoms with van der Waals surface area (Å²) in [7, 11) is 0.